The molecule has 0 saturated carbocycles. The van der Waals surface area contributed by atoms with Crippen molar-refractivity contribution in [3.05, 3.63) is 99.8 Å². The largest absolute Gasteiger partial charge is 0.359 e. The fraction of sp³-hybridized carbons (Fsp3) is 0.300. The molecule has 194 valence electrons. The number of nitrogens with one attached hydrogen (secondary N) is 2. The van der Waals surface area contributed by atoms with Crippen LogP contribution in [-0.2, 0) is 32.2 Å². The van der Waals surface area contributed by atoms with Gasteiger partial charge in [-0.25, -0.2) is 0 Å². The van der Waals surface area contributed by atoms with Crippen LogP contribution < -0.4 is 15.5 Å². The van der Waals surface area contributed by atoms with E-state index in [2.05, 4.69) is 10.6 Å². The van der Waals surface area contributed by atoms with E-state index in [-0.39, 0.29) is 17.7 Å². The second-order valence-corrected chi connectivity index (χ2v) is 11.2. The number of aryl methyl sites for hydroxylation is 2. The van der Waals surface area contributed by atoms with E-state index in [0.717, 1.165) is 21.6 Å². The molecule has 4 heterocycles. The first-order valence-corrected chi connectivity index (χ1v) is 13.7. The van der Waals surface area contributed by atoms with Crippen molar-refractivity contribution in [1.29, 1.82) is 0 Å². The van der Waals surface area contributed by atoms with Crippen LogP contribution in [0.2, 0.25) is 0 Å². The zero-order chi connectivity index (χ0) is 26.4. The van der Waals surface area contributed by atoms with Crippen LogP contribution in [0.5, 0.6) is 0 Å². The summed E-state index contributed by atoms with van der Waals surface area (Å²) in [6.45, 7) is 4.63. The number of hydrogen-bond donors (Lipinski definition) is 2. The molecule has 3 aromatic rings. The summed E-state index contributed by atoms with van der Waals surface area (Å²) in [5.41, 5.74) is 2.33. The van der Waals surface area contributed by atoms with Crippen LogP contribution in [0.4, 0.5) is 5.69 Å². The zero-order valence-electron chi connectivity index (χ0n) is 21.2. The van der Waals surface area contributed by atoms with Crippen molar-refractivity contribution in [3.63, 3.8) is 0 Å². The van der Waals surface area contributed by atoms with Crippen molar-refractivity contribution in [2.24, 2.45) is 11.8 Å². The summed E-state index contributed by atoms with van der Waals surface area (Å²) in [6.07, 6.45) is 3.11. The van der Waals surface area contributed by atoms with Crippen LogP contribution in [0.3, 0.4) is 0 Å². The molecule has 2 saturated heterocycles. The highest BCUT2D eigenvalue weighted by atomic mass is 32.1. The van der Waals surface area contributed by atoms with E-state index in [1.54, 1.807) is 16.2 Å². The molecule has 3 aliphatic heterocycles. The summed E-state index contributed by atoms with van der Waals surface area (Å²) in [5, 5.41) is 7.98. The molecule has 0 radical (unpaired) electrons. The van der Waals surface area contributed by atoms with Gasteiger partial charge >= 0.3 is 0 Å². The van der Waals surface area contributed by atoms with Gasteiger partial charge in [0.15, 0.2) is 0 Å². The predicted molar refractivity (Wildman–Crippen MR) is 145 cm³/mol. The fourth-order valence-electron chi connectivity index (χ4n) is 6.09. The van der Waals surface area contributed by atoms with Crippen LogP contribution >= 0.6 is 11.3 Å². The molecule has 6 rings (SSSR count). The minimum atomic E-state index is -1.22. The highest BCUT2D eigenvalue weighted by Crippen LogP contribution is 2.56. The number of carbonyl (C=O) groups is 3. The van der Waals surface area contributed by atoms with Crippen molar-refractivity contribution in [3.8, 4) is 0 Å². The Bertz CT molecular complexity index is 1420. The number of amides is 3. The fourth-order valence-corrected chi connectivity index (χ4v) is 6.74. The molecule has 2 N–H and O–H groups in total. The molecule has 0 aliphatic carbocycles. The Morgan fingerprint density at radius 2 is 1.79 bits per heavy atom. The predicted octanol–water partition coefficient (Wildman–Crippen LogP) is 3.65. The number of fused-ring (bicyclic) bond motifs is 1. The van der Waals surface area contributed by atoms with Crippen molar-refractivity contribution in [2.75, 3.05) is 4.90 Å². The molecule has 3 amide bonds. The quantitative estimate of drug-likeness (QED) is 0.459. The SMILES string of the molecule is Cc1ccc(N2C(=O)[C@@H]3[C@H](C(=O)NCc4cccs4)[C@H]4C=C[C@@]3(O4)[C@H]2C(=O)NCc2ccccc2)c(C)c1. The van der Waals surface area contributed by atoms with E-state index < -0.39 is 29.6 Å². The minimum Gasteiger partial charge on any atom is -0.359 e. The standard InChI is InChI=1S/C30H29N3O4S/c1-18-10-11-22(19(2)15-18)33-26(28(35)31-16-20-7-4-3-5-8-20)30-13-12-23(37-30)24(25(30)29(33)36)27(34)32-17-21-9-6-14-38-21/h3-15,23-26H,16-17H2,1-2H3,(H,31,35)(H,32,34)/t23-,24-,25+,26-,30+/m1/s1. The smallest absolute Gasteiger partial charge is 0.246 e. The van der Waals surface area contributed by atoms with Gasteiger partial charge < -0.3 is 15.4 Å². The van der Waals surface area contributed by atoms with Gasteiger partial charge in [0, 0.05) is 17.1 Å². The number of rotatable bonds is 7. The maximum absolute atomic E-state index is 14.2. The third-order valence-electron chi connectivity index (χ3n) is 7.76. The van der Waals surface area contributed by atoms with Crippen LogP contribution in [-0.4, -0.2) is 35.5 Å². The molecule has 3 aliphatic rings. The Morgan fingerprint density at radius 3 is 2.53 bits per heavy atom. The maximum atomic E-state index is 14.2. The Hall–Kier alpha value is -3.75. The molecule has 5 atom stereocenters. The van der Waals surface area contributed by atoms with Crippen LogP contribution in [0.25, 0.3) is 0 Å². The second-order valence-electron chi connectivity index (χ2n) is 10.2. The van der Waals surface area contributed by atoms with Gasteiger partial charge in [-0.1, -0.05) is 66.2 Å². The second kappa shape index (κ2) is 9.53. The van der Waals surface area contributed by atoms with Crippen molar-refractivity contribution in [2.45, 2.75) is 44.7 Å². The lowest BCUT2D eigenvalue weighted by Gasteiger charge is -2.32. The van der Waals surface area contributed by atoms with Crippen LogP contribution in [0.1, 0.15) is 21.6 Å². The van der Waals surface area contributed by atoms with Gasteiger partial charge in [0.1, 0.15) is 11.6 Å². The molecular formula is C30H29N3O4S. The van der Waals surface area contributed by atoms with Crippen molar-refractivity contribution in [1.82, 2.24) is 10.6 Å². The summed E-state index contributed by atoms with van der Waals surface area (Å²) in [7, 11) is 0. The Balaban J connectivity index is 1.35. The van der Waals surface area contributed by atoms with E-state index in [9.17, 15) is 14.4 Å². The first-order chi connectivity index (χ1) is 18.4. The van der Waals surface area contributed by atoms with Gasteiger partial charge in [0.2, 0.25) is 17.7 Å². The first-order valence-electron chi connectivity index (χ1n) is 12.8. The number of anilines is 1. The van der Waals surface area contributed by atoms with Gasteiger partial charge in [-0.15, -0.1) is 11.3 Å². The molecule has 8 heteroatoms. The molecule has 38 heavy (non-hydrogen) atoms. The van der Waals surface area contributed by atoms with E-state index >= 15 is 0 Å². The molecule has 2 fully saturated rings. The lowest BCUT2D eigenvalue weighted by atomic mass is 9.74. The molecule has 7 nitrogen and oxygen atoms in total. The summed E-state index contributed by atoms with van der Waals surface area (Å²) in [4.78, 5) is 44.1. The molecule has 2 aromatic carbocycles. The Labute approximate surface area is 225 Å². The van der Waals surface area contributed by atoms with Gasteiger partial charge in [-0.3, -0.25) is 19.3 Å². The topological polar surface area (TPSA) is 87.7 Å². The lowest BCUT2D eigenvalue weighted by molar-refractivity contribution is -0.132. The molecule has 1 aromatic heterocycles. The van der Waals surface area contributed by atoms with Crippen molar-refractivity contribution >= 4 is 34.7 Å². The third-order valence-corrected chi connectivity index (χ3v) is 8.64. The average Bonchev–Trinajstić information content (AvgIpc) is 3.69. The van der Waals surface area contributed by atoms with E-state index in [0.29, 0.717) is 18.8 Å². The normalized spacial score (nSPS) is 27.0. The first kappa shape index (κ1) is 24.6. The number of benzene rings is 2. The molecule has 1 spiro atoms. The summed E-state index contributed by atoms with van der Waals surface area (Å²) in [5.74, 6) is -2.32. The average molecular weight is 528 g/mol. The number of carbonyl (C=O) groups excluding carboxylic acids is 3. The summed E-state index contributed by atoms with van der Waals surface area (Å²) in [6, 6.07) is 18.4. The number of nitrogens with zero attached hydrogens (tertiary/aromatic N) is 1. The van der Waals surface area contributed by atoms with Gasteiger partial charge in [0.05, 0.1) is 24.5 Å². The lowest BCUT2D eigenvalue weighted by Crippen LogP contribution is -2.54. The van der Waals surface area contributed by atoms with Crippen LogP contribution in [0.15, 0.2) is 78.2 Å². The highest BCUT2D eigenvalue weighted by Gasteiger charge is 2.73. The minimum absolute atomic E-state index is 0.237. The number of hydrogen-bond acceptors (Lipinski definition) is 5. The van der Waals surface area contributed by atoms with E-state index in [4.69, 9.17) is 4.74 Å². The van der Waals surface area contributed by atoms with Gasteiger partial charge in [-0.2, -0.15) is 0 Å². The monoisotopic (exact) mass is 527 g/mol. The van der Waals surface area contributed by atoms with Gasteiger partial charge in [-0.05, 0) is 42.5 Å². The summed E-state index contributed by atoms with van der Waals surface area (Å²) < 4.78 is 6.43. The summed E-state index contributed by atoms with van der Waals surface area (Å²) >= 11 is 1.56. The van der Waals surface area contributed by atoms with Gasteiger partial charge in [0.25, 0.3) is 0 Å². The van der Waals surface area contributed by atoms with Crippen LogP contribution in [0, 0.1) is 25.7 Å². The van der Waals surface area contributed by atoms with E-state index in [1.165, 1.54) is 0 Å². The Morgan fingerprint density at radius 1 is 1.00 bits per heavy atom. The van der Waals surface area contributed by atoms with E-state index in [1.807, 2.05) is 92.0 Å². The maximum Gasteiger partial charge on any atom is 0.246 e. The Kier molecular flexibility index (Phi) is 6.16. The molecular weight excluding hydrogens is 498 g/mol. The van der Waals surface area contributed by atoms with Crippen molar-refractivity contribution < 1.29 is 19.1 Å². The molecule has 2 bridgehead atoms. The molecule has 0 unspecified atom stereocenters. The zero-order valence-corrected chi connectivity index (χ0v) is 22.0. The number of ether oxygens (including phenoxy) is 1. The third kappa shape index (κ3) is 3.95. The highest BCUT2D eigenvalue weighted by molar-refractivity contribution is 7.09. The number of thiophene rings is 1.